The molecule has 1 aliphatic heterocycles. The minimum Gasteiger partial charge on any atom is -0.356 e. The van der Waals surface area contributed by atoms with Crippen molar-refractivity contribution in [2.45, 2.75) is 44.1 Å². The number of nitrogens with one attached hydrogen (secondary N) is 4. The Bertz CT molecular complexity index is 905. The summed E-state index contributed by atoms with van der Waals surface area (Å²) in [4.78, 5) is 36.6. The molecule has 170 valence electrons. The summed E-state index contributed by atoms with van der Waals surface area (Å²) in [5.74, 6) is -0.177. The van der Waals surface area contributed by atoms with Crippen LogP contribution < -0.4 is 21.3 Å². The largest absolute Gasteiger partial charge is 0.356 e. The van der Waals surface area contributed by atoms with Gasteiger partial charge in [-0.1, -0.05) is 49.4 Å². The third-order valence-corrected chi connectivity index (χ3v) is 6.16. The van der Waals surface area contributed by atoms with Gasteiger partial charge in [0.25, 0.3) is 0 Å². The molecular weight excluding hydrogens is 424 g/mol. The summed E-state index contributed by atoms with van der Waals surface area (Å²) in [7, 11) is 0. The van der Waals surface area contributed by atoms with Gasteiger partial charge in [0, 0.05) is 31.1 Å². The van der Waals surface area contributed by atoms with Crippen LogP contribution in [-0.4, -0.2) is 41.6 Å². The van der Waals surface area contributed by atoms with E-state index < -0.39 is 5.50 Å². The Balaban J connectivity index is 1.38. The zero-order valence-corrected chi connectivity index (χ0v) is 19.0. The van der Waals surface area contributed by atoms with E-state index in [-0.39, 0.29) is 42.4 Å². The highest BCUT2D eigenvalue weighted by atomic mass is 32.2. The van der Waals surface area contributed by atoms with Crippen molar-refractivity contribution in [2.24, 2.45) is 0 Å². The second-order valence-corrected chi connectivity index (χ2v) is 8.81. The summed E-state index contributed by atoms with van der Waals surface area (Å²) in [6.07, 6.45) is 2.16. The Morgan fingerprint density at radius 2 is 1.78 bits per heavy atom. The van der Waals surface area contributed by atoms with Crippen LogP contribution in [0, 0.1) is 0 Å². The third kappa shape index (κ3) is 8.01. The summed E-state index contributed by atoms with van der Waals surface area (Å²) in [5.41, 5.74) is 2.71. The highest BCUT2D eigenvalue weighted by Gasteiger charge is 2.28. The molecule has 7 nitrogen and oxygen atoms in total. The fourth-order valence-electron chi connectivity index (χ4n) is 3.43. The molecule has 1 aliphatic rings. The molecule has 1 fully saturated rings. The molecule has 2 aromatic rings. The standard InChI is InChI=1S/C24H30N4O3S/c1-2-17-8-10-19(11-9-17)26-23(31)16-32-24-27-20(15-22(30)28-24)14-21(29)25-13-12-18-6-4-3-5-7-18/h3-11,20,24,27H,2,12-16H2,1H3,(H,25,29)(H,26,31)(H,28,30). The maximum absolute atomic E-state index is 12.3. The number of hydrogen-bond acceptors (Lipinski definition) is 5. The first-order chi connectivity index (χ1) is 15.5. The SMILES string of the molecule is CCc1ccc(NC(=O)CSC2NC(=O)CC(CC(=O)NCCc3ccccc3)N2)cc1. The molecule has 1 heterocycles. The smallest absolute Gasteiger partial charge is 0.234 e. The lowest BCUT2D eigenvalue weighted by molar-refractivity contribution is -0.125. The van der Waals surface area contributed by atoms with Gasteiger partial charge in [-0.2, -0.15) is 0 Å². The van der Waals surface area contributed by atoms with Crippen molar-refractivity contribution >= 4 is 35.2 Å². The fourth-order valence-corrected chi connectivity index (χ4v) is 4.32. The van der Waals surface area contributed by atoms with Crippen LogP contribution in [0.15, 0.2) is 54.6 Å². The van der Waals surface area contributed by atoms with Crippen molar-refractivity contribution < 1.29 is 14.4 Å². The van der Waals surface area contributed by atoms with Gasteiger partial charge in [0.15, 0.2) is 0 Å². The van der Waals surface area contributed by atoms with Crippen LogP contribution >= 0.6 is 11.8 Å². The van der Waals surface area contributed by atoms with Crippen molar-refractivity contribution in [3.8, 4) is 0 Å². The van der Waals surface area contributed by atoms with Gasteiger partial charge in [0.2, 0.25) is 17.7 Å². The molecule has 3 rings (SSSR count). The molecular formula is C24H30N4O3S. The maximum atomic E-state index is 12.3. The van der Waals surface area contributed by atoms with Crippen molar-refractivity contribution in [1.29, 1.82) is 0 Å². The van der Waals surface area contributed by atoms with Gasteiger partial charge in [-0.25, -0.2) is 0 Å². The first-order valence-electron chi connectivity index (χ1n) is 10.9. The van der Waals surface area contributed by atoms with Gasteiger partial charge in [-0.05, 0) is 36.1 Å². The molecule has 2 atom stereocenters. The van der Waals surface area contributed by atoms with Crippen molar-refractivity contribution in [2.75, 3.05) is 17.6 Å². The Labute approximate surface area is 193 Å². The molecule has 2 aromatic carbocycles. The number of carbonyl (C=O) groups excluding carboxylic acids is 3. The molecule has 0 spiro atoms. The second-order valence-electron chi connectivity index (χ2n) is 7.71. The first-order valence-corrected chi connectivity index (χ1v) is 11.9. The number of aryl methyl sites for hydroxylation is 1. The molecule has 0 saturated carbocycles. The predicted molar refractivity (Wildman–Crippen MR) is 128 cm³/mol. The van der Waals surface area contributed by atoms with E-state index in [9.17, 15) is 14.4 Å². The van der Waals surface area contributed by atoms with Gasteiger partial charge in [-0.15, -0.1) is 11.8 Å². The molecule has 0 aliphatic carbocycles. The predicted octanol–water partition coefficient (Wildman–Crippen LogP) is 2.43. The average molecular weight is 455 g/mol. The van der Waals surface area contributed by atoms with Crippen LogP contribution in [0.2, 0.25) is 0 Å². The van der Waals surface area contributed by atoms with Gasteiger partial charge < -0.3 is 16.0 Å². The molecule has 2 unspecified atom stereocenters. The molecule has 0 bridgehead atoms. The van der Waals surface area contributed by atoms with Crippen LogP contribution in [-0.2, 0) is 27.2 Å². The third-order valence-electron chi connectivity index (χ3n) is 5.15. The Kier molecular flexibility index (Phi) is 9.13. The molecule has 1 saturated heterocycles. The zero-order valence-electron chi connectivity index (χ0n) is 18.2. The molecule has 32 heavy (non-hydrogen) atoms. The van der Waals surface area contributed by atoms with Crippen molar-refractivity contribution in [3.05, 3.63) is 65.7 Å². The van der Waals surface area contributed by atoms with Gasteiger partial charge in [0.1, 0.15) is 5.50 Å². The highest BCUT2D eigenvalue weighted by molar-refractivity contribution is 8.00. The number of thioether (sulfide) groups is 1. The molecule has 3 amide bonds. The monoisotopic (exact) mass is 454 g/mol. The van der Waals surface area contributed by atoms with Crippen LogP contribution in [0.25, 0.3) is 0 Å². The minimum absolute atomic E-state index is 0.0925. The van der Waals surface area contributed by atoms with E-state index in [2.05, 4.69) is 28.2 Å². The van der Waals surface area contributed by atoms with Crippen LogP contribution in [0.5, 0.6) is 0 Å². The number of hydrogen-bond donors (Lipinski definition) is 4. The average Bonchev–Trinajstić information content (AvgIpc) is 2.78. The van der Waals surface area contributed by atoms with E-state index in [0.29, 0.717) is 6.54 Å². The van der Waals surface area contributed by atoms with Gasteiger partial charge in [0.05, 0.1) is 5.75 Å². The highest BCUT2D eigenvalue weighted by Crippen LogP contribution is 2.15. The van der Waals surface area contributed by atoms with Gasteiger partial charge in [-0.3, -0.25) is 19.7 Å². The van der Waals surface area contributed by atoms with Crippen LogP contribution in [0.3, 0.4) is 0 Å². The topological polar surface area (TPSA) is 99.3 Å². The lowest BCUT2D eigenvalue weighted by Gasteiger charge is -2.30. The lowest BCUT2D eigenvalue weighted by Crippen LogP contribution is -2.56. The molecule has 0 aromatic heterocycles. The van der Waals surface area contributed by atoms with E-state index in [1.807, 2.05) is 54.6 Å². The number of rotatable bonds is 10. The summed E-state index contributed by atoms with van der Waals surface area (Å²) in [6.45, 7) is 2.64. The van der Waals surface area contributed by atoms with E-state index in [0.717, 1.165) is 18.5 Å². The van der Waals surface area contributed by atoms with Crippen LogP contribution in [0.1, 0.15) is 30.9 Å². The first kappa shape index (κ1) is 23.8. The lowest BCUT2D eigenvalue weighted by atomic mass is 10.1. The summed E-state index contributed by atoms with van der Waals surface area (Å²) in [6, 6.07) is 17.4. The summed E-state index contributed by atoms with van der Waals surface area (Å²) in [5, 5.41) is 11.8. The quantitative estimate of drug-likeness (QED) is 0.442. The Morgan fingerprint density at radius 3 is 2.50 bits per heavy atom. The van der Waals surface area contributed by atoms with Crippen molar-refractivity contribution in [1.82, 2.24) is 16.0 Å². The van der Waals surface area contributed by atoms with E-state index >= 15 is 0 Å². The summed E-state index contributed by atoms with van der Waals surface area (Å²) < 4.78 is 0. The number of benzene rings is 2. The normalized spacial score (nSPS) is 18.0. The second kappa shape index (κ2) is 12.3. The summed E-state index contributed by atoms with van der Waals surface area (Å²) >= 11 is 1.30. The van der Waals surface area contributed by atoms with E-state index in [1.165, 1.54) is 22.9 Å². The zero-order chi connectivity index (χ0) is 22.8. The van der Waals surface area contributed by atoms with E-state index in [4.69, 9.17) is 0 Å². The fraction of sp³-hybridized carbons (Fsp3) is 0.375. The van der Waals surface area contributed by atoms with Crippen molar-refractivity contribution in [3.63, 3.8) is 0 Å². The molecule has 4 N–H and O–H groups in total. The Hall–Kier alpha value is -2.84. The van der Waals surface area contributed by atoms with Gasteiger partial charge >= 0.3 is 0 Å². The molecule has 8 heteroatoms. The number of amides is 3. The maximum Gasteiger partial charge on any atom is 0.234 e. The van der Waals surface area contributed by atoms with Crippen LogP contribution in [0.4, 0.5) is 5.69 Å². The molecule has 0 radical (unpaired) electrons. The number of anilines is 1. The van der Waals surface area contributed by atoms with E-state index in [1.54, 1.807) is 0 Å². The Morgan fingerprint density at radius 1 is 1.03 bits per heavy atom. The minimum atomic E-state index is -0.411. The number of carbonyl (C=O) groups is 3.